The third-order valence-electron chi connectivity index (χ3n) is 2.80. The minimum Gasteiger partial charge on any atom is -0.469 e. The molecule has 0 aliphatic heterocycles. The van der Waals surface area contributed by atoms with E-state index in [9.17, 15) is 14.3 Å². The number of alkyl halides is 1. The number of aliphatic hydroxyl groups is 1. The summed E-state index contributed by atoms with van der Waals surface area (Å²) < 4.78 is 18.7. The van der Waals surface area contributed by atoms with E-state index in [1.807, 2.05) is 0 Å². The van der Waals surface area contributed by atoms with Crippen LogP contribution < -0.4 is 0 Å². The van der Waals surface area contributed by atoms with Gasteiger partial charge in [0.05, 0.1) is 19.1 Å². The highest BCUT2D eigenvalue weighted by molar-refractivity contribution is 5.74. The highest BCUT2D eigenvalue weighted by Crippen LogP contribution is 2.42. The fraction of sp³-hybridized carbons (Fsp3) is 0.700. The number of hydrogen-bond acceptors (Lipinski definition) is 3. The van der Waals surface area contributed by atoms with E-state index in [4.69, 9.17) is 0 Å². The molecule has 80 valence electrons. The van der Waals surface area contributed by atoms with Gasteiger partial charge in [0.2, 0.25) is 0 Å². The second-order valence-electron chi connectivity index (χ2n) is 3.59. The smallest absolute Gasteiger partial charge is 0.312 e. The molecule has 1 fully saturated rings. The Bertz CT molecular complexity index is 242. The average Bonchev–Trinajstić information content (AvgIpc) is 2.43. The lowest BCUT2D eigenvalue weighted by molar-refractivity contribution is -0.152. The number of ether oxygens (including phenoxy) is 1. The van der Waals surface area contributed by atoms with Crippen molar-refractivity contribution in [2.75, 3.05) is 7.11 Å². The van der Waals surface area contributed by atoms with Crippen LogP contribution in [-0.2, 0) is 9.53 Å². The molecule has 3 atom stereocenters. The zero-order valence-electron chi connectivity index (χ0n) is 8.20. The fourth-order valence-electron chi connectivity index (χ4n) is 1.99. The molecule has 0 aromatic carbocycles. The maximum absolute atomic E-state index is 14.2. The average molecular weight is 202 g/mol. The fourth-order valence-corrected chi connectivity index (χ4v) is 1.99. The minimum atomic E-state index is -1.89. The van der Waals surface area contributed by atoms with Gasteiger partial charge >= 0.3 is 5.97 Å². The van der Waals surface area contributed by atoms with Crippen molar-refractivity contribution in [3.63, 3.8) is 0 Å². The molecule has 0 aromatic rings. The van der Waals surface area contributed by atoms with Crippen molar-refractivity contribution in [1.82, 2.24) is 0 Å². The summed E-state index contributed by atoms with van der Waals surface area (Å²) in [5.74, 6) is -1.45. The topological polar surface area (TPSA) is 46.5 Å². The second-order valence-corrected chi connectivity index (χ2v) is 3.59. The number of aliphatic hydroxyl groups excluding tert-OH is 1. The number of hydrogen-bond donors (Lipinski definition) is 1. The van der Waals surface area contributed by atoms with Crippen molar-refractivity contribution >= 4 is 5.97 Å². The van der Waals surface area contributed by atoms with Gasteiger partial charge in [-0.15, -0.1) is 6.58 Å². The highest BCUT2D eigenvalue weighted by atomic mass is 19.1. The molecular weight excluding hydrogens is 187 g/mol. The van der Waals surface area contributed by atoms with Gasteiger partial charge in [-0.05, 0) is 12.8 Å². The number of allylic oxidation sites excluding steroid dienone is 1. The maximum Gasteiger partial charge on any atom is 0.312 e. The molecule has 0 heterocycles. The molecule has 0 saturated heterocycles. The van der Waals surface area contributed by atoms with Crippen molar-refractivity contribution < 1.29 is 19.0 Å². The first-order valence-corrected chi connectivity index (χ1v) is 4.62. The highest BCUT2D eigenvalue weighted by Gasteiger charge is 2.53. The van der Waals surface area contributed by atoms with Crippen molar-refractivity contribution in [2.24, 2.45) is 5.92 Å². The van der Waals surface area contributed by atoms with Crippen molar-refractivity contribution in [2.45, 2.75) is 31.0 Å². The first-order chi connectivity index (χ1) is 6.56. The lowest BCUT2D eigenvalue weighted by Gasteiger charge is -2.27. The second kappa shape index (κ2) is 4.09. The van der Waals surface area contributed by atoms with E-state index in [0.29, 0.717) is 12.8 Å². The molecule has 0 radical (unpaired) electrons. The number of rotatable bonds is 3. The Morgan fingerprint density at radius 2 is 2.43 bits per heavy atom. The largest absolute Gasteiger partial charge is 0.469 e. The summed E-state index contributed by atoms with van der Waals surface area (Å²) in [7, 11) is 1.22. The van der Waals surface area contributed by atoms with Crippen molar-refractivity contribution in [3.05, 3.63) is 12.7 Å². The Hall–Kier alpha value is -0.900. The molecule has 1 aliphatic rings. The van der Waals surface area contributed by atoms with E-state index in [2.05, 4.69) is 11.3 Å². The van der Waals surface area contributed by atoms with Crippen LogP contribution in [0.4, 0.5) is 4.39 Å². The Morgan fingerprint density at radius 3 is 2.93 bits per heavy atom. The van der Waals surface area contributed by atoms with E-state index in [1.54, 1.807) is 0 Å². The molecule has 1 saturated carbocycles. The van der Waals surface area contributed by atoms with Crippen LogP contribution in [0, 0.1) is 5.92 Å². The monoisotopic (exact) mass is 202 g/mol. The summed E-state index contributed by atoms with van der Waals surface area (Å²) in [5, 5.41) is 9.46. The third kappa shape index (κ3) is 1.66. The van der Waals surface area contributed by atoms with Crippen molar-refractivity contribution in [3.8, 4) is 0 Å². The molecule has 1 rings (SSSR count). The molecule has 0 aromatic heterocycles. The Morgan fingerprint density at radius 1 is 1.79 bits per heavy atom. The number of methoxy groups -OCH3 is 1. The van der Waals surface area contributed by atoms with E-state index < -0.39 is 23.7 Å². The van der Waals surface area contributed by atoms with Gasteiger partial charge in [-0.3, -0.25) is 4.79 Å². The van der Waals surface area contributed by atoms with Gasteiger partial charge in [-0.25, -0.2) is 4.39 Å². The first kappa shape index (κ1) is 11.2. The SMILES string of the molecule is C=CC[C@@]1(F)[C@@H](C(=O)OC)CC[C@@H]1O. The Kier molecular flexibility index (Phi) is 3.26. The zero-order chi connectivity index (χ0) is 10.8. The predicted octanol–water partition coefficient (Wildman–Crippen LogP) is 1.21. The normalized spacial score (nSPS) is 36.8. The maximum atomic E-state index is 14.2. The third-order valence-corrected chi connectivity index (χ3v) is 2.80. The minimum absolute atomic E-state index is 0.0199. The standard InChI is InChI=1S/C10H15FO3/c1-3-6-10(11)7(9(13)14-2)4-5-8(10)12/h3,7-8,12H,1,4-6H2,2H3/t7-,8+,10-/m1/s1. The van der Waals surface area contributed by atoms with Crippen LogP contribution in [0.1, 0.15) is 19.3 Å². The quantitative estimate of drug-likeness (QED) is 0.552. The van der Waals surface area contributed by atoms with Gasteiger partial charge in [0.15, 0.2) is 5.67 Å². The van der Waals surface area contributed by atoms with Gasteiger partial charge in [-0.2, -0.15) is 0 Å². The van der Waals surface area contributed by atoms with Gasteiger partial charge < -0.3 is 9.84 Å². The van der Waals surface area contributed by atoms with Gasteiger partial charge in [0.25, 0.3) is 0 Å². The number of carbonyl (C=O) groups excluding carboxylic acids is 1. The summed E-state index contributed by atoms with van der Waals surface area (Å²) in [5.41, 5.74) is -1.89. The molecule has 4 heteroatoms. The van der Waals surface area contributed by atoms with Crippen LogP contribution in [-0.4, -0.2) is 30.0 Å². The van der Waals surface area contributed by atoms with Crippen LogP contribution in [0.25, 0.3) is 0 Å². The summed E-state index contributed by atoms with van der Waals surface area (Å²) in [6, 6.07) is 0. The molecule has 0 unspecified atom stereocenters. The number of carbonyl (C=O) groups is 1. The lowest BCUT2D eigenvalue weighted by Crippen LogP contribution is -2.41. The molecule has 1 aliphatic carbocycles. The molecule has 0 bridgehead atoms. The van der Waals surface area contributed by atoms with E-state index in [-0.39, 0.29) is 6.42 Å². The predicted molar refractivity (Wildman–Crippen MR) is 49.4 cm³/mol. The Labute approximate surface area is 82.6 Å². The number of halogens is 1. The van der Waals surface area contributed by atoms with E-state index >= 15 is 0 Å². The summed E-state index contributed by atoms with van der Waals surface area (Å²) >= 11 is 0. The Balaban J connectivity index is 2.85. The van der Waals surface area contributed by atoms with Gasteiger partial charge in [-0.1, -0.05) is 6.08 Å². The lowest BCUT2D eigenvalue weighted by atomic mass is 9.88. The van der Waals surface area contributed by atoms with E-state index in [0.717, 1.165) is 0 Å². The van der Waals surface area contributed by atoms with Crippen LogP contribution in [0.15, 0.2) is 12.7 Å². The van der Waals surface area contributed by atoms with Crippen molar-refractivity contribution in [1.29, 1.82) is 0 Å². The van der Waals surface area contributed by atoms with E-state index in [1.165, 1.54) is 13.2 Å². The van der Waals surface area contributed by atoms with Gasteiger partial charge in [0, 0.05) is 6.42 Å². The molecule has 3 nitrogen and oxygen atoms in total. The molecule has 0 amide bonds. The summed E-state index contributed by atoms with van der Waals surface area (Å²) in [6.45, 7) is 3.42. The molecule has 1 N–H and O–H groups in total. The summed E-state index contributed by atoms with van der Waals surface area (Å²) in [4.78, 5) is 11.2. The van der Waals surface area contributed by atoms with Crippen LogP contribution in [0.3, 0.4) is 0 Å². The van der Waals surface area contributed by atoms with Crippen LogP contribution in [0.2, 0.25) is 0 Å². The molecule has 0 spiro atoms. The van der Waals surface area contributed by atoms with Crippen LogP contribution >= 0.6 is 0 Å². The molecule has 14 heavy (non-hydrogen) atoms. The summed E-state index contributed by atoms with van der Waals surface area (Å²) in [6.07, 6.45) is 0.894. The van der Waals surface area contributed by atoms with Gasteiger partial charge in [0.1, 0.15) is 0 Å². The molecular formula is C10H15FO3. The zero-order valence-corrected chi connectivity index (χ0v) is 8.20. The number of esters is 1. The van der Waals surface area contributed by atoms with Crippen LogP contribution in [0.5, 0.6) is 0 Å². The first-order valence-electron chi connectivity index (χ1n) is 4.62.